The molecule has 7 heteroatoms. The van der Waals surface area contributed by atoms with Gasteiger partial charge in [0, 0.05) is 11.8 Å². The van der Waals surface area contributed by atoms with Crippen LogP contribution in [0.15, 0.2) is 42.5 Å². The highest BCUT2D eigenvalue weighted by atomic mass is 19.1. The summed E-state index contributed by atoms with van der Waals surface area (Å²) in [6, 6.07) is 8.85. The van der Waals surface area contributed by atoms with Crippen molar-refractivity contribution in [1.29, 1.82) is 0 Å². The van der Waals surface area contributed by atoms with E-state index in [-0.39, 0.29) is 16.9 Å². The van der Waals surface area contributed by atoms with E-state index in [1.807, 2.05) is 0 Å². The third kappa shape index (κ3) is 4.03. The molecule has 0 radical (unpaired) electrons. The number of para-hydroxylation sites is 1. The lowest BCUT2D eigenvalue weighted by Crippen LogP contribution is -2.30. The Bertz CT molecular complexity index is 750. The number of hydrogen-bond donors (Lipinski definition) is 2. The van der Waals surface area contributed by atoms with Gasteiger partial charge in [0.15, 0.2) is 6.10 Å². The van der Waals surface area contributed by atoms with Gasteiger partial charge in [-0.2, -0.15) is 0 Å². The molecule has 0 aromatic heterocycles. The molecule has 0 saturated carbocycles. The molecular formula is C16H14F2N2O3. The molecule has 1 atom stereocenters. The Hall–Kier alpha value is -2.96. The monoisotopic (exact) mass is 320 g/mol. The molecule has 1 amide bonds. The predicted octanol–water partition coefficient (Wildman–Crippen LogP) is 2.73. The summed E-state index contributed by atoms with van der Waals surface area (Å²) in [7, 11) is 0. The number of halogens is 2. The predicted molar refractivity (Wildman–Crippen MR) is 80.7 cm³/mol. The van der Waals surface area contributed by atoms with Crippen molar-refractivity contribution in [3.63, 3.8) is 0 Å². The smallest absolute Gasteiger partial charge is 0.341 e. The Morgan fingerprint density at radius 1 is 1.17 bits per heavy atom. The number of carbonyl (C=O) groups excluding carboxylic acids is 2. The van der Waals surface area contributed by atoms with E-state index in [1.54, 1.807) is 12.1 Å². The van der Waals surface area contributed by atoms with E-state index >= 15 is 0 Å². The van der Waals surface area contributed by atoms with E-state index in [9.17, 15) is 18.4 Å². The standard InChI is InChI=1S/C16H14F2N2O3/c1-9(23-16(22)11-4-2-3-5-13(11)19)15(21)20-14-8-10(17)6-7-12(14)18/h2-9H,19H2,1H3,(H,20,21). The fourth-order valence-electron chi connectivity index (χ4n) is 1.79. The Morgan fingerprint density at radius 3 is 2.57 bits per heavy atom. The lowest BCUT2D eigenvalue weighted by atomic mass is 10.2. The van der Waals surface area contributed by atoms with Crippen LogP contribution in [0.2, 0.25) is 0 Å². The van der Waals surface area contributed by atoms with Crippen LogP contribution in [0.1, 0.15) is 17.3 Å². The summed E-state index contributed by atoms with van der Waals surface area (Å²) in [5, 5.41) is 2.16. The number of nitrogens with one attached hydrogen (secondary N) is 1. The van der Waals surface area contributed by atoms with Crippen LogP contribution in [-0.4, -0.2) is 18.0 Å². The van der Waals surface area contributed by atoms with Crippen molar-refractivity contribution in [2.24, 2.45) is 0 Å². The molecule has 0 bridgehead atoms. The third-order valence-electron chi connectivity index (χ3n) is 3.02. The van der Waals surface area contributed by atoms with Crippen molar-refractivity contribution in [2.45, 2.75) is 13.0 Å². The first-order chi connectivity index (χ1) is 10.9. The van der Waals surface area contributed by atoms with Crippen molar-refractivity contribution in [1.82, 2.24) is 0 Å². The van der Waals surface area contributed by atoms with E-state index in [0.29, 0.717) is 0 Å². The maximum absolute atomic E-state index is 13.5. The number of rotatable bonds is 4. The molecule has 0 heterocycles. The number of ether oxygens (including phenoxy) is 1. The van der Waals surface area contributed by atoms with Gasteiger partial charge >= 0.3 is 5.97 Å². The molecule has 0 spiro atoms. The number of carbonyl (C=O) groups is 2. The van der Waals surface area contributed by atoms with Gasteiger partial charge in [-0.25, -0.2) is 13.6 Å². The van der Waals surface area contributed by atoms with Crippen LogP contribution >= 0.6 is 0 Å². The average Bonchev–Trinajstić information content (AvgIpc) is 2.51. The second kappa shape index (κ2) is 6.87. The summed E-state index contributed by atoms with van der Waals surface area (Å²) in [5.41, 5.74) is 5.63. The molecule has 1 unspecified atom stereocenters. The summed E-state index contributed by atoms with van der Waals surface area (Å²) in [4.78, 5) is 23.9. The third-order valence-corrected chi connectivity index (χ3v) is 3.02. The zero-order valence-corrected chi connectivity index (χ0v) is 12.2. The van der Waals surface area contributed by atoms with Crippen LogP contribution in [0.4, 0.5) is 20.2 Å². The Kier molecular flexibility index (Phi) is 4.90. The van der Waals surface area contributed by atoms with Gasteiger partial charge in [0.25, 0.3) is 5.91 Å². The molecule has 120 valence electrons. The average molecular weight is 320 g/mol. The van der Waals surface area contributed by atoms with Crippen molar-refractivity contribution >= 4 is 23.3 Å². The quantitative estimate of drug-likeness (QED) is 0.670. The summed E-state index contributed by atoms with van der Waals surface area (Å²) in [5.74, 6) is -3.09. The first-order valence-electron chi connectivity index (χ1n) is 6.70. The maximum Gasteiger partial charge on any atom is 0.341 e. The Balaban J connectivity index is 2.04. The topological polar surface area (TPSA) is 81.4 Å². The number of amides is 1. The summed E-state index contributed by atoms with van der Waals surface area (Å²) in [6.07, 6.45) is -1.22. The lowest BCUT2D eigenvalue weighted by Gasteiger charge is -2.14. The number of nitrogens with two attached hydrogens (primary N) is 1. The van der Waals surface area contributed by atoms with Gasteiger partial charge in [0.1, 0.15) is 11.6 Å². The van der Waals surface area contributed by atoms with Crippen LogP contribution < -0.4 is 11.1 Å². The second-order valence-corrected chi connectivity index (χ2v) is 4.75. The van der Waals surface area contributed by atoms with Gasteiger partial charge in [0.2, 0.25) is 0 Å². The molecule has 2 rings (SSSR count). The zero-order valence-electron chi connectivity index (χ0n) is 12.2. The number of anilines is 2. The second-order valence-electron chi connectivity index (χ2n) is 4.75. The van der Waals surface area contributed by atoms with Gasteiger partial charge < -0.3 is 15.8 Å². The van der Waals surface area contributed by atoms with Crippen molar-refractivity contribution in [2.75, 3.05) is 11.1 Å². The van der Waals surface area contributed by atoms with Gasteiger partial charge in [-0.1, -0.05) is 12.1 Å². The first kappa shape index (κ1) is 16.4. The van der Waals surface area contributed by atoms with E-state index in [0.717, 1.165) is 18.2 Å². The molecule has 2 aromatic carbocycles. The number of esters is 1. The van der Waals surface area contributed by atoms with E-state index in [1.165, 1.54) is 19.1 Å². The number of nitrogen functional groups attached to an aromatic ring is 1. The first-order valence-corrected chi connectivity index (χ1v) is 6.70. The van der Waals surface area contributed by atoms with Crippen molar-refractivity contribution in [3.05, 3.63) is 59.7 Å². The van der Waals surface area contributed by atoms with Crippen molar-refractivity contribution in [3.8, 4) is 0 Å². The Morgan fingerprint density at radius 2 is 1.87 bits per heavy atom. The fraction of sp³-hybridized carbons (Fsp3) is 0.125. The molecule has 0 fully saturated rings. The lowest BCUT2D eigenvalue weighted by molar-refractivity contribution is -0.123. The molecule has 2 aromatic rings. The highest BCUT2D eigenvalue weighted by molar-refractivity contribution is 5.99. The molecule has 0 saturated heterocycles. The van der Waals surface area contributed by atoms with Crippen molar-refractivity contribution < 1.29 is 23.1 Å². The van der Waals surface area contributed by atoms with Crippen LogP contribution in [0.5, 0.6) is 0 Å². The van der Waals surface area contributed by atoms with Crippen LogP contribution in [0.3, 0.4) is 0 Å². The van der Waals surface area contributed by atoms with Gasteiger partial charge in [-0.3, -0.25) is 4.79 Å². The molecule has 0 aliphatic carbocycles. The summed E-state index contributed by atoms with van der Waals surface area (Å²) < 4.78 is 31.5. The summed E-state index contributed by atoms with van der Waals surface area (Å²) in [6.45, 7) is 1.31. The van der Waals surface area contributed by atoms with Gasteiger partial charge in [-0.15, -0.1) is 0 Å². The van der Waals surface area contributed by atoms with Crippen LogP contribution in [0.25, 0.3) is 0 Å². The minimum Gasteiger partial charge on any atom is -0.449 e. The SMILES string of the molecule is CC(OC(=O)c1ccccc1N)C(=O)Nc1cc(F)ccc1F. The minimum absolute atomic E-state index is 0.115. The summed E-state index contributed by atoms with van der Waals surface area (Å²) >= 11 is 0. The molecule has 0 aliphatic rings. The number of hydrogen-bond acceptors (Lipinski definition) is 4. The fourth-order valence-corrected chi connectivity index (χ4v) is 1.79. The highest BCUT2D eigenvalue weighted by Gasteiger charge is 2.21. The Labute approximate surface area is 131 Å². The van der Waals surface area contributed by atoms with Gasteiger partial charge in [-0.05, 0) is 31.2 Å². The molecule has 5 nitrogen and oxygen atoms in total. The van der Waals surface area contributed by atoms with Gasteiger partial charge in [0.05, 0.1) is 11.3 Å². The largest absolute Gasteiger partial charge is 0.449 e. The van der Waals surface area contributed by atoms with E-state index in [2.05, 4.69) is 5.32 Å². The zero-order chi connectivity index (χ0) is 17.0. The molecule has 23 heavy (non-hydrogen) atoms. The maximum atomic E-state index is 13.5. The molecule has 3 N–H and O–H groups in total. The highest BCUT2D eigenvalue weighted by Crippen LogP contribution is 2.17. The minimum atomic E-state index is -1.22. The molecular weight excluding hydrogens is 306 g/mol. The van der Waals surface area contributed by atoms with E-state index < -0.39 is 29.6 Å². The molecule has 0 aliphatic heterocycles. The number of benzene rings is 2. The normalized spacial score (nSPS) is 11.6. The van der Waals surface area contributed by atoms with E-state index in [4.69, 9.17) is 10.5 Å². The van der Waals surface area contributed by atoms with Crippen LogP contribution in [-0.2, 0) is 9.53 Å². The van der Waals surface area contributed by atoms with Crippen LogP contribution in [0, 0.1) is 11.6 Å².